The summed E-state index contributed by atoms with van der Waals surface area (Å²) in [6, 6.07) is 8.99. The number of hydrogen-bond donors (Lipinski definition) is 0. The summed E-state index contributed by atoms with van der Waals surface area (Å²) in [6.45, 7) is 0.404. The average molecular weight is 288 g/mol. The zero-order valence-corrected chi connectivity index (χ0v) is 12.7. The molecule has 0 bridgehead atoms. The van der Waals surface area contributed by atoms with Gasteiger partial charge in [-0.1, -0.05) is 0 Å². The van der Waals surface area contributed by atoms with Gasteiger partial charge in [-0.15, -0.1) is 0 Å². The summed E-state index contributed by atoms with van der Waals surface area (Å²) < 4.78 is 16.9. The van der Waals surface area contributed by atoms with Crippen LogP contribution in [0.4, 0.5) is 0 Å². The Kier molecular flexibility index (Phi) is 6.57. The van der Waals surface area contributed by atoms with Gasteiger partial charge in [-0.2, -0.15) is 0 Å². The Morgan fingerprint density at radius 1 is 1.17 bits per heavy atom. The van der Waals surface area contributed by atoms with Crippen LogP contribution in [0.15, 0.2) is 30.3 Å². The molecule has 4 nitrogen and oxygen atoms in total. The van der Waals surface area contributed by atoms with Gasteiger partial charge in [0.15, 0.2) is 0 Å². The van der Waals surface area contributed by atoms with Crippen LogP contribution in [0.3, 0.4) is 0 Å². The van der Waals surface area contributed by atoms with Crippen molar-refractivity contribution in [3.8, 4) is 0 Å². The van der Waals surface area contributed by atoms with Crippen molar-refractivity contribution in [2.75, 3.05) is 20.8 Å². The van der Waals surface area contributed by atoms with Gasteiger partial charge in [0.25, 0.3) is 0 Å². The van der Waals surface area contributed by atoms with E-state index in [9.17, 15) is 4.79 Å². The van der Waals surface area contributed by atoms with E-state index in [0.717, 1.165) is 11.1 Å². The van der Waals surface area contributed by atoms with Crippen molar-refractivity contribution >= 4 is 5.97 Å². The first-order valence-electron chi connectivity index (χ1n) is 5.94. The van der Waals surface area contributed by atoms with Gasteiger partial charge in [-0.3, -0.25) is 0 Å². The molecule has 1 aromatic rings. The van der Waals surface area contributed by atoms with Crippen LogP contribution < -0.4 is 0 Å². The Morgan fingerprint density at radius 3 is 2.33 bits per heavy atom. The summed E-state index contributed by atoms with van der Waals surface area (Å²) in [4.78, 5) is 11.6. The third-order valence-corrected chi connectivity index (χ3v) is 7.55. The first kappa shape index (κ1) is 15.4. The van der Waals surface area contributed by atoms with E-state index in [0.29, 0.717) is 12.2 Å². The maximum absolute atomic E-state index is 11.6. The molecule has 0 aliphatic carbocycles. The van der Waals surface area contributed by atoms with E-state index in [4.69, 9.17) is 11.4 Å². The fourth-order valence-corrected chi connectivity index (χ4v) is 3.63. The van der Waals surface area contributed by atoms with Crippen LogP contribution in [0.2, 0.25) is 9.95 Å². The van der Waals surface area contributed by atoms with E-state index < -0.39 is 17.4 Å². The van der Waals surface area contributed by atoms with Gasteiger partial charge in [0.2, 0.25) is 0 Å². The van der Waals surface area contributed by atoms with Crippen molar-refractivity contribution < 1.29 is 33.5 Å². The normalized spacial score (nSPS) is 11.3. The zero-order chi connectivity index (χ0) is 13.4. The maximum atomic E-state index is 11.6. The number of rotatable bonds is 7. The Bertz CT molecular complexity index is 363. The first-order chi connectivity index (χ1) is 8.61. The molecule has 0 saturated carbocycles. The molecule has 5 heteroatoms. The predicted octanol–water partition coefficient (Wildman–Crippen LogP) is 2.98. The Balaban J connectivity index is 2.29. The van der Waals surface area contributed by atoms with E-state index in [-0.39, 0.29) is 5.97 Å². The average Bonchev–Trinajstić information content (AvgIpc) is 2.44. The van der Waals surface area contributed by atoms with E-state index in [1.54, 1.807) is 26.4 Å². The number of esters is 1. The monoisotopic (exact) mass is 288 g/mol. The number of ether oxygens (including phenoxy) is 1. The molecule has 0 N–H and O–H groups in total. The number of carbonyl (C=O) groups is 1. The van der Waals surface area contributed by atoms with E-state index in [1.807, 2.05) is 23.4 Å². The fraction of sp³-hybridized carbons (Fsp3) is 0.462. The quantitative estimate of drug-likeness (QED) is 0.439. The third kappa shape index (κ3) is 4.90. The molecule has 0 amide bonds. The molecule has 0 radical (unpaired) electrons. The molecule has 0 heterocycles. The Morgan fingerprint density at radius 2 is 1.78 bits per heavy atom. The van der Waals surface area contributed by atoms with Gasteiger partial charge in [0.05, 0.1) is 0 Å². The van der Waals surface area contributed by atoms with Crippen LogP contribution in [0.5, 0.6) is 0 Å². The van der Waals surface area contributed by atoms with Crippen LogP contribution in [0.1, 0.15) is 16.8 Å². The molecular weight excluding hydrogens is 268 g/mol. The molecular formula is C13H20O4Ti. The minimum atomic E-state index is -2.54. The zero-order valence-electron chi connectivity index (χ0n) is 11.1. The predicted molar refractivity (Wildman–Crippen MR) is 66.0 cm³/mol. The van der Waals surface area contributed by atoms with Gasteiger partial charge in [-0.05, 0) is 0 Å². The number of benzene rings is 1. The van der Waals surface area contributed by atoms with Gasteiger partial charge in [0, 0.05) is 0 Å². The van der Waals surface area contributed by atoms with Gasteiger partial charge < -0.3 is 0 Å². The van der Waals surface area contributed by atoms with Gasteiger partial charge in [0.1, 0.15) is 0 Å². The molecule has 0 unspecified atom stereocenters. The van der Waals surface area contributed by atoms with Crippen molar-refractivity contribution in [3.05, 3.63) is 35.9 Å². The van der Waals surface area contributed by atoms with Crippen molar-refractivity contribution in [2.45, 2.75) is 16.4 Å². The van der Waals surface area contributed by atoms with Gasteiger partial charge >= 0.3 is 113 Å². The topological polar surface area (TPSA) is 44.8 Å². The number of carbonyl (C=O) groups excluding carboxylic acids is 1. The van der Waals surface area contributed by atoms with Crippen molar-refractivity contribution in [1.82, 2.24) is 0 Å². The van der Waals surface area contributed by atoms with E-state index >= 15 is 0 Å². The third-order valence-electron chi connectivity index (χ3n) is 2.88. The van der Waals surface area contributed by atoms with Crippen LogP contribution in [-0.4, -0.2) is 26.8 Å². The van der Waals surface area contributed by atoms with Crippen molar-refractivity contribution in [2.24, 2.45) is 0 Å². The van der Waals surface area contributed by atoms with Crippen molar-refractivity contribution in [3.63, 3.8) is 0 Å². The molecule has 0 fully saturated rings. The Labute approximate surface area is 113 Å². The summed E-state index contributed by atoms with van der Waals surface area (Å²) in [7, 11) is 3.36. The summed E-state index contributed by atoms with van der Waals surface area (Å²) in [5.41, 5.74) is 0.584. The standard InChI is InChI=1S/C10H11O2.2CH3O.CH3.Ti/c1-2-8-12-10(11)9-6-4-3-5-7-9;2*1-2;;/h3-7H,1-2,8H2;2*1H3;1H3;/q;2*-1;;+2. The second-order valence-corrected chi connectivity index (χ2v) is 9.74. The molecule has 0 atom stereocenters. The minimum absolute atomic E-state index is 0.278. The molecule has 100 valence electrons. The molecule has 0 spiro atoms. The molecule has 0 aliphatic rings. The molecule has 0 aromatic heterocycles. The van der Waals surface area contributed by atoms with Gasteiger partial charge in [-0.25, -0.2) is 0 Å². The molecule has 0 aliphatic heterocycles. The van der Waals surface area contributed by atoms with Crippen molar-refractivity contribution in [1.29, 1.82) is 0 Å². The van der Waals surface area contributed by atoms with E-state index in [1.165, 1.54) is 0 Å². The fourth-order valence-electron chi connectivity index (χ4n) is 1.50. The first-order valence-corrected chi connectivity index (χ1v) is 9.88. The second kappa shape index (κ2) is 7.69. The Hall–Kier alpha value is -0.676. The molecule has 18 heavy (non-hydrogen) atoms. The van der Waals surface area contributed by atoms with Crippen LogP contribution in [0, 0.1) is 0 Å². The van der Waals surface area contributed by atoms with Crippen LogP contribution in [0.25, 0.3) is 0 Å². The second-order valence-electron chi connectivity index (χ2n) is 4.15. The molecule has 1 aromatic carbocycles. The summed E-state index contributed by atoms with van der Waals surface area (Å²) in [5.74, 6) is -0.278. The molecule has 0 saturated heterocycles. The SMILES string of the molecule is C[O][Ti]([CH3])([CH2]CCOC(=O)c1ccccc1)[O]C. The molecule has 1 rings (SSSR count). The van der Waals surface area contributed by atoms with E-state index in [2.05, 4.69) is 0 Å². The van der Waals surface area contributed by atoms with Crippen LogP contribution in [-0.2, 0) is 28.7 Å². The van der Waals surface area contributed by atoms with Crippen LogP contribution >= 0.6 is 0 Å². The summed E-state index contributed by atoms with van der Waals surface area (Å²) >= 11 is -2.54. The number of hydrogen-bond acceptors (Lipinski definition) is 4. The summed E-state index contributed by atoms with van der Waals surface area (Å²) in [6.07, 6.45) is 0.775. The summed E-state index contributed by atoms with van der Waals surface area (Å²) in [5, 5.41) is 2.04.